The maximum Gasteiger partial charge on any atom is 0.274 e. The van der Waals surface area contributed by atoms with Gasteiger partial charge in [-0.2, -0.15) is 0 Å². The van der Waals surface area contributed by atoms with Crippen LogP contribution in [0.1, 0.15) is 23.1 Å². The molecule has 9 nitrogen and oxygen atoms in total. The van der Waals surface area contributed by atoms with Crippen LogP contribution in [-0.2, 0) is 0 Å². The van der Waals surface area contributed by atoms with Crippen LogP contribution in [0.5, 0.6) is 0 Å². The number of nitrogens with one attached hydrogen (secondary N) is 1. The molecule has 0 saturated carbocycles. The SMILES string of the molecule is CC(/C=C\N)=C(/N)CNC(=O)c1nc(C)c(-c2ncco2)nc1N. The number of nitrogens with two attached hydrogens (primary N) is 3. The van der Waals surface area contributed by atoms with Crippen LogP contribution in [0.4, 0.5) is 5.82 Å². The van der Waals surface area contributed by atoms with Crippen molar-refractivity contribution in [2.45, 2.75) is 13.8 Å². The van der Waals surface area contributed by atoms with Gasteiger partial charge in [-0.25, -0.2) is 15.0 Å². The molecule has 0 fully saturated rings. The first-order chi connectivity index (χ1) is 11.4. The number of anilines is 1. The van der Waals surface area contributed by atoms with Gasteiger partial charge in [0, 0.05) is 5.70 Å². The summed E-state index contributed by atoms with van der Waals surface area (Å²) in [6, 6.07) is 0. The van der Waals surface area contributed by atoms with Crippen LogP contribution < -0.4 is 22.5 Å². The molecule has 2 rings (SSSR count). The first-order valence-corrected chi connectivity index (χ1v) is 7.09. The molecule has 2 aromatic heterocycles. The Labute approximate surface area is 138 Å². The number of oxazole rings is 1. The molecule has 0 unspecified atom stereocenters. The average Bonchev–Trinajstić information content (AvgIpc) is 3.08. The third kappa shape index (κ3) is 3.69. The minimum atomic E-state index is -0.477. The number of aromatic nitrogens is 3. The zero-order valence-corrected chi connectivity index (χ0v) is 13.4. The van der Waals surface area contributed by atoms with E-state index in [2.05, 4.69) is 20.3 Å². The first kappa shape index (κ1) is 17.0. The van der Waals surface area contributed by atoms with Gasteiger partial charge >= 0.3 is 0 Å². The molecule has 2 heterocycles. The summed E-state index contributed by atoms with van der Waals surface area (Å²) in [5.74, 6) is -0.211. The molecule has 0 aliphatic carbocycles. The average molecular weight is 329 g/mol. The van der Waals surface area contributed by atoms with Crippen molar-refractivity contribution in [2.24, 2.45) is 11.5 Å². The van der Waals surface area contributed by atoms with Crippen molar-refractivity contribution >= 4 is 11.7 Å². The summed E-state index contributed by atoms with van der Waals surface area (Å²) < 4.78 is 5.18. The largest absolute Gasteiger partial charge is 0.443 e. The lowest BCUT2D eigenvalue weighted by Gasteiger charge is -2.10. The predicted octanol–water partition coefficient (Wildman–Crippen LogP) is 0.457. The number of rotatable bonds is 5. The number of hydrogen-bond acceptors (Lipinski definition) is 8. The Kier molecular flexibility index (Phi) is 5.15. The molecule has 126 valence electrons. The fraction of sp³-hybridized carbons (Fsp3) is 0.200. The Morgan fingerprint density at radius 2 is 2.17 bits per heavy atom. The first-order valence-electron chi connectivity index (χ1n) is 7.09. The van der Waals surface area contributed by atoms with Gasteiger partial charge < -0.3 is 26.9 Å². The van der Waals surface area contributed by atoms with E-state index in [-0.39, 0.29) is 23.9 Å². The minimum absolute atomic E-state index is 0.0163. The van der Waals surface area contributed by atoms with Crippen LogP contribution in [-0.4, -0.2) is 27.4 Å². The highest BCUT2D eigenvalue weighted by atomic mass is 16.3. The molecule has 1 amide bonds. The molecule has 0 aliphatic heterocycles. The van der Waals surface area contributed by atoms with E-state index in [0.29, 0.717) is 17.1 Å². The maximum absolute atomic E-state index is 12.2. The number of hydrogen-bond donors (Lipinski definition) is 4. The molecule has 0 aromatic carbocycles. The molecular formula is C15H19N7O2. The van der Waals surface area contributed by atoms with Crippen molar-refractivity contribution in [1.29, 1.82) is 0 Å². The standard InChI is InChI=1S/C15H19N7O2/c1-8(3-4-16)10(17)7-20-14(23)12-13(18)22-11(9(2)21-12)15-19-5-6-24-15/h3-6H,7,16-17H2,1-2H3,(H2,18,22)(H,20,23)/b4-3-,10-8-. The van der Waals surface area contributed by atoms with Crippen molar-refractivity contribution in [3.05, 3.63) is 47.4 Å². The fourth-order valence-electron chi connectivity index (χ4n) is 1.89. The second kappa shape index (κ2) is 7.27. The second-order valence-electron chi connectivity index (χ2n) is 4.98. The van der Waals surface area contributed by atoms with E-state index in [9.17, 15) is 4.79 Å². The number of aryl methyl sites for hydroxylation is 1. The third-order valence-corrected chi connectivity index (χ3v) is 3.24. The third-order valence-electron chi connectivity index (χ3n) is 3.24. The van der Waals surface area contributed by atoms with E-state index >= 15 is 0 Å². The fourth-order valence-corrected chi connectivity index (χ4v) is 1.89. The van der Waals surface area contributed by atoms with E-state index in [1.165, 1.54) is 18.7 Å². The van der Waals surface area contributed by atoms with Gasteiger partial charge in [-0.3, -0.25) is 4.79 Å². The lowest BCUT2D eigenvalue weighted by atomic mass is 10.2. The van der Waals surface area contributed by atoms with Crippen LogP contribution >= 0.6 is 0 Å². The molecular weight excluding hydrogens is 310 g/mol. The second-order valence-corrected chi connectivity index (χ2v) is 4.98. The number of carbonyl (C=O) groups is 1. The minimum Gasteiger partial charge on any atom is -0.443 e. The molecule has 0 atom stereocenters. The smallest absolute Gasteiger partial charge is 0.274 e. The van der Waals surface area contributed by atoms with Gasteiger partial charge in [0.2, 0.25) is 5.89 Å². The lowest BCUT2D eigenvalue weighted by Crippen LogP contribution is -2.30. The van der Waals surface area contributed by atoms with Crippen molar-refractivity contribution in [1.82, 2.24) is 20.3 Å². The Morgan fingerprint density at radius 3 is 2.79 bits per heavy atom. The highest BCUT2D eigenvalue weighted by Crippen LogP contribution is 2.20. The van der Waals surface area contributed by atoms with Crippen LogP contribution in [0.15, 0.2) is 40.4 Å². The summed E-state index contributed by atoms with van der Waals surface area (Å²) in [4.78, 5) is 24.6. The van der Waals surface area contributed by atoms with Gasteiger partial charge in [-0.05, 0) is 31.7 Å². The van der Waals surface area contributed by atoms with Gasteiger partial charge in [0.05, 0.1) is 18.4 Å². The summed E-state index contributed by atoms with van der Waals surface area (Å²) in [6.45, 7) is 3.61. The molecule has 0 radical (unpaired) electrons. The van der Waals surface area contributed by atoms with Crippen LogP contribution in [0.25, 0.3) is 11.6 Å². The lowest BCUT2D eigenvalue weighted by molar-refractivity contribution is 0.0952. The molecule has 0 aliphatic rings. The summed E-state index contributed by atoms with van der Waals surface area (Å²) >= 11 is 0. The van der Waals surface area contributed by atoms with Gasteiger partial charge in [0.15, 0.2) is 11.5 Å². The number of nitrogen functional groups attached to an aromatic ring is 1. The summed E-state index contributed by atoms with van der Waals surface area (Å²) in [7, 11) is 0. The van der Waals surface area contributed by atoms with Gasteiger partial charge in [0.1, 0.15) is 12.0 Å². The monoisotopic (exact) mass is 329 g/mol. The van der Waals surface area contributed by atoms with Crippen molar-refractivity contribution in [3.63, 3.8) is 0 Å². The van der Waals surface area contributed by atoms with E-state index in [4.69, 9.17) is 21.6 Å². The summed E-state index contributed by atoms with van der Waals surface area (Å²) in [5, 5.41) is 2.64. The van der Waals surface area contributed by atoms with Crippen molar-refractivity contribution < 1.29 is 9.21 Å². The maximum atomic E-state index is 12.2. The van der Waals surface area contributed by atoms with Crippen molar-refractivity contribution in [2.75, 3.05) is 12.3 Å². The van der Waals surface area contributed by atoms with Gasteiger partial charge in [-0.15, -0.1) is 0 Å². The van der Waals surface area contributed by atoms with Crippen LogP contribution in [0, 0.1) is 6.92 Å². The predicted molar refractivity (Wildman–Crippen MR) is 89.2 cm³/mol. The zero-order valence-electron chi connectivity index (χ0n) is 13.4. The van der Waals surface area contributed by atoms with Crippen LogP contribution in [0.3, 0.4) is 0 Å². The Hall–Kier alpha value is -3.36. The van der Waals surface area contributed by atoms with E-state index in [1.54, 1.807) is 19.9 Å². The summed E-state index contributed by atoms with van der Waals surface area (Å²) in [6.07, 6.45) is 5.92. The number of amides is 1. The topological polar surface area (TPSA) is 159 Å². The Balaban J connectivity index is 2.19. The number of carbonyl (C=O) groups excluding carboxylic acids is 1. The van der Waals surface area contributed by atoms with E-state index in [1.807, 2.05) is 0 Å². The molecule has 0 saturated heterocycles. The van der Waals surface area contributed by atoms with Crippen LogP contribution in [0.2, 0.25) is 0 Å². The molecule has 24 heavy (non-hydrogen) atoms. The highest BCUT2D eigenvalue weighted by Gasteiger charge is 2.18. The van der Waals surface area contributed by atoms with E-state index in [0.717, 1.165) is 5.57 Å². The molecule has 2 aromatic rings. The number of nitrogens with zero attached hydrogens (tertiary/aromatic N) is 3. The Morgan fingerprint density at radius 1 is 1.42 bits per heavy atom. The summed E-state index contributed by atoms with van der Waals surface area (Å²) in [5.41, 5.74) is 19.1. The van der Waals surface area contributed by atoms with Gasteiger partial charge in [0.25, 0.3) is 5.91 Å². The number of allylic oxidation sites excluding steroid dienone is 2. The molecule has 9 heteroatoms. The quantitative estimate of drug-likeness (QED) is 0.575. The molecule has 7 N–H and O–H groups in total. The highest BCUT2D eigenvalue weighted by molar-refractivity contribution is 5.96. The van der Waals surface area contributed by atoms with Gasteiger partial charge in [-0.1, -0.05) is 0 Å². The molecule has 0 spiro atoms. The zero-order chi connectivity index (χ0) is 17.7. The normalized spacial score (nSPS) is 12.2. The Bertz CT molecular complexity index is 794. The molecule has 0 bridgehead atoms. The van der Waals surface area contributed by atoms with Crippen molar-refractivity contribution in [3.8, 4) is 11.6 Å². The van der Waals surface area contributed by atoms with E-state index < -0.39 is 5.91 Å².